The number of hydrogen-bond donors (Lipinski definition) is 1. The molecule has 0 fully saturated rings. The number of ketones is 1. The van der Waals surface area contributed by atoms with Gasteiger partial charge in [-0.05, 0) is 18.1 Å². The van der Waals surface area contributed by atoms with Crippen LogP contribution < -0.4 is 0 Å². The van der Waals surface area contributed by atoms with Gasteiger partial charge in [0.2, 0.25) is 0 Å². The van der Waals surface area contributed by atoms with Crippen molar-refractivity contribution in [2.45, 2.75) is 78.6 Å². The van der Waals surface area contributed by atoms with Gasteiger partial charge in [0.05, 0.1) is 12.5 Å². The minimum Gasteiger partial charge on any atom is -0.481 e. The summed E-state index contributed by atoms with van der Waals surface area (Å²) in [6, 6.07) is 0. The second-order valence-corrected chi connectivity index (χ2v) is 12.2. The minimum atomic E-state index is -2.12. The van der Waals surface area contributed by atoms with Gasteiger partial charge in [-0.1, -0.05) is 41.5 Å². The summed E-state index contributed by atoms with van der Waals surface area (Å²) in [7, 11) is -2.12. The average molecular weight is 302 g/mol. The van der Waals surface area contributed by atoms with Crippen molar-refractivity contribution in [1.29, 1.82) is 0 Å². The van der Waals surface area contributed by atoms with E-state index in [-0.39, 0.29) is 17.2 Å². The standard InChI is InChI=1S/C15H30O4Si/c1-9-11(16)15(5,6)12(10-13(17)18)19-20(7,8)14(2,3)4/h12H,9-10H2,1-8H3,(H,17,18). The first-order chi connectivity index (χ1) is 8.75. The van der Waals surface area contributed by atoms with E-state index in [1.165, 1.54) is 0 Å². The molecule has 20 heavy (non-hydrogen) atoms. The van der Waals surface area contributed by atoms with Gasteiger partial charge in [-0.2, -0.15) is 0 Å². The smallest absolute Gasteiger partial charge is 0.305 e. The number of carbonyl (C=O) groups is 2. The number of carboxylic acids is 1. The van der Waals surface area contributed by atoms with Gasteiger partial charge in [-0.15, -0.1) is 0 Å². The summed E-state index contributed by atoms with van der Waals surface area (Å²) >= 11 is 0. The summed E-state index contributed by atoms with van der Waals surface area (Å²) in [5, 5.41) is 9.11. The molecule has 0 spiro atoms. The third kappa shape index (κ3) is 4.70. The Morgan fingerprint density at radius 3 is 1.90 bits per heavy atom. The van der Waals surface area contributed by atoms with E-state index in [0.717, 1.165) is 0 Å². The SMILES string of the molecule is CCC(=O)C(C)(C)C(CC(=O)O)O[Si](C)(C)C(C)(C)C. The first kappa shape index (κ1) is 19.3. The zero-order chi connectivity index (χ0) is 16.4. The van der Waals surface area contributed by atoms with Crippen LogP contribution in [0.5, 0.6) is 0 Å². The summed E-state index contributed by atoms with van der Waals surface area (Å²) in [5.74, 6) is -0.881. The maximum absolute atomic E-state index is 12.1. The van der Waals surface area contributed by atoms with Crippen molar-refractivity contribution < 1.29 is 19.1 Å². The summed E-state index contributed by atoms with van der Waals surface area (Å²) in [6.45, 7) is 15.8. The number of aliphatic carboxylic acids is 1. The molecule has 1 N–H and O–H groups in total. The lowest BCUT2D eigenvalue weighted by Gasteiger charge is -2.43. The molecule has 5 heteroatoms. The molecule has 1 atom stereocenters. The van der Waals surface area contributed by atoms with Crippen LogP contribution >= 0.6 is 0 Å². The largest absolute Gasteiger partial charge is 0.481 e. The molecule has 0 aromatic heterocycles. The zero-order valence-corrected chi connectivity index (χ0v) is 15.2. The molecule has 0 aromatic carbocycles. The monoisotopic (exact) mass is 302 g/mol. The molecule has 1 unspecified atom stereocenters. The molecule has 4 nitrogen and oxygen atoms in total. The lowest BCUT2D eigenvalue weighted by molar-refractivity contribution is -0.143. The van der Waals surface area contributed by atoms with E-state index in [9.17, 15) is 9.59 Å². The fourth-order valence-corrected chi connectivity index (χ4v) is 3.21. The molecular weight excluding hydrogens is 272 g/mol. The van der Waals surface area contributed by atoms with Gasteiger partial charge in [0, 0.05) is 11.8 Å². The number of Topliss-reactive ketones (excluding diaryl/α,β-unsaturated/α-hetero) is 1. The Morgan fingerprint density at radius 1 is 1.15 bits per heavy atom. The molecular formula is C15H30O4Si. The molecule has 0 aliphatic heterocycles. The van der Waals surface area contributed by atoms with Crippen molar-refractivity contribution in [3.8, 4) is 0 Å². The highest BCUT2D eigenvalue weighted by Gasteiger charge is 2.45. The highest BCUT2D eigenvalue weighted by molar-refractivity contribution is 6.74. The number of hydrogen-bond acceptors (Lipinski definition) is 3. The highest BCUT2D eigenvalue weighted by atomic mass is 28.4. The first-order valence-corrected chi connectivity index (χ1v) is 10.1. The Morgan fingerprint density at radius 2 is 1.60 bits per heavy atom. The van der Waals surface area contributed by atoms with Crippen molar-refractivity contribution in [2.24, 2.45) is 5.41 Å². The minimum absolute atomic E-state index is 0.0188. The lowest BCUT2D eigenvalue weighted by Crippen LogP contribution is -2.50. The van der Waals surface area contributed by atoms with Crippen molar-refractivity contribution in [3.05, 3.63) is 0 Å². The number of rotatable bonds is 7. The molecule has 118 valence electrons. The van der Waals surface area contributed by atoms with Crippen molar-refractivity contribution >= 4 is 20.1 Å². The Labute approximate surface area is 124 Å². The van der Waals surface area contributed by atoms with Crippen LogP contribution in [-0.2, 0) is 14.0 Å². The Hall–Kier alpha value is -0.683. The third-order valence-corrected chi connectivity index (χ3v) is 8.93. The lowest BCUT2D eigenvalue weighted by atomic mass is 9.79. The van der Waals surface area contributed by atoms with Gasteiger partial charge in [0.25, 0.3) is 0 Å². The molecule has 0 amide bonds. The van der Waals surface area contributed by atoms with Gasteiger partial charge in [0.1, 0.15) is 5.78 Å². The van der Waals surface area contributed by atoms with E-state index >= 15 is 0 Å². The van der Waals surface area contributed by atoms with E-state index in [2.05, 4.69) is 33.9 Å². The van der Waals surface area contributed by atoms with Gasteiger partial charge >= 0.3 is 5.97 Å². The molecule has 0 bridgehead atoms. The van der Waals surface area contributed by atoms with Gasteiger partial charge in [-0.25, -0.2) is 0 Å². The van der Waals surface area contributed by atoms with Crippen LogP contribution in [0.4, 0.5) is 0 Å². The molecule has 0 radical (unpaired) electrons. The van der Waals surface area contributed by atoms with Crippen LogP contribution in [0.25, 0.3) is 0 Å². The molecule has 0 aromatic rings. The maximum atomic E-state index is 12.1. The summed E-state index contributed by atoms with van der Waals surface area (Å²) < 4.78 is 6.24. The average Bonchev–Trinajstić information content (AvgIpc) is 2.24. The predicted molar refractivity (Wildman–Crippen MR) is 83.4 cm³/mol. The fourth-order valence-electron chi connectivity index (χ4n) is 1.77. The van der Waals surface area contributed by atoms with E-state index in [0.29, 0.717) is 6.42 Å². The van der Waals surface area contributed by atoms with Crippen LogP contribution in [0.2, 0.25) is 18.1 Å². The fraction of sp³-hybridized carbons (Fsp3) is 0.867. The molecule has 0 saturated heterocycles. The van der Waals surface area contributed by atoms with Crippen LogP contribution in [-0.4, -0.2) is 31.3 Å². The maximum Gasteiger partial charge on any atom is 0.305 e. The Bertz CT molecular complexity index is 367. The van der Waals surface area contributed by atoms with E-state index in [4.69, 9.17) is 9.53 Å². The van der Waals surface area contributed by atoms with Crippen LogP contribution in [0, 0.1) is 5.41 Å². The summed E-state index contributed by atoms with van der Waals surface area (Å²) in [5.41, 5.74) is -0.775. The second kappa shape index (κ2) is 6.39. The molecule has 0 heterocycles. The second-order valence-electron chi connectivity index (χ2n) is 7.46. The van der Waals surface area contributed by atoms with Crippen molar-refractivity contribution in [3.63, 3.8) is 0 Å². The Balaban J connectivity index is 5.39. The van der Waals surface area contributed by atoms with Crippen LogP contribution in [0.3, 0.4) is 0 Å². The predicted octanol–water partition coefficient (Wildman–Crippen LogP) is 3.86. The van der Waals surface area contributed by atoms with E-state index in [1.54, 1.807) is 20.8 Å². The van der Waals surface area contributed by atoms with Crippen molar-refractivity contribution in [1.82, 2.24) is 0 Å². The molecule has 0 aliphatic rings. The normalized spacial score (nSPS) is 15.0. The third-order valence-electron chi connectivity index (χ3n) is 4.45. The summed E-state index contributed by atoms with van der Waals surface area (Å²) in [6.07, 6.45) is -0.316. The topological polar surface area (TPSA) is 63.6 Å². The van der Waals surface area contributed by atoms with Crippen LogP contribution in [0.1, 0.15) is 54.4 Å². The molecule has 0 rings (SSSR count). The molecule has 0 aliphatic carbocycles. The van der Waals surface area contributed by atoms with E-state index < -0.39 is 25.8 Å². The van der Waals surface area contributed by atoms with Crippen LogP contribution in [0.15, 0.2) is 0 Å². The van der Waals surface area contributed by atoms with Gasteiger partial charge in [0.15, 0.2) is 8.32 Å². The summed E-state index contributed by atoms with van der Waals surface area (Å²) in [4.78, 5) is 23.3. The van der Waals surface area contributed by atoms with Gasteiger partial charge in [-0.3, -0.25) is 9.59 Å². The first-order valence-electron chi connectivity index (χ1n) is 7.18. The Kier molecular flexibility index (Phi) is 6.17. The van der Waals surface area contributed by atoms with Gasteiger partial charge < -0.3 is 9.53 Å². The number of carbonyl (C=O) groups excluding carboxylic acids is 1. The highest BCUT2D eigenvalue weighted by Crippen LogP contribution is 2.40. The van der Waals surface area contributed by atoms with Crippen molar-refractivity contribution in [2.75, 3.05) is 0 Å². The number of carboxylic acid groups (broad SMARTS) is 1. The quantitative estimate of drug-likeness (QED) is 0.725. The zero-order valence-electron chi connectivity index (χ0n) is 14.2. The van der Waals surface area contributed by atoms with E-state index in [1.807, 2.05) is 0 Å². The molecule has 0 saturated carbocycles.